The van der Waals surface area contributed by atoms with Crippen LogP contribution in [-0.4, -0.2) is 36.5 Å². The van der Waals surface area contributed by atoms with Crippen LogP contribution in [0.1, 0.15) is 10.4 Å². The van der Waals surface area contributed by atoms with E-state index in [1.165, 1.54) is 18.5 Å². The number of hydrogen-bond acceptors (Lipinski definition) is 6. The van der Waals surface area contributed by atoms with Gasteiger partial charge < -0.3 is 10.4 Å². The number of benzene rings is 1. The maximum absolute atomic E-state index is 10.9. The Bertz CT molecular complexity index is 802. The third kappa shape index (κ3) is 2.12. The Balaban J connectivity index is 1.97. The molecule has 1 aromatic carbocycles. The predicted molar refractivity (Wildman–Crippen MR) is 71.2 cm³/mol. The monoisotopic (exact) mass is 290 g/mol. The van der Waals surface area contributed by atoms with Crippen LogP contribution in [0.25, 0.3) is 11.2 Å². The lowest BCUT2D eigenvalue weighted by Gasteiger charge is -2.07. The van der Waals surface area contributed by atoms with Crippen molar-refractivity contribution in [1.82, 2.24) is 25.4 Å². The number of hydrogen-bond donors (Lipinski definition) is 3. The van der Waals surface area contributed by atoms with Crippen molar-refractivity contribution in [2.45, 2.75) is 0 Å². The molecule has 3 rings (SSSR count). The number of aromatic nitrogens is 5. The van der Waals surface area contributed by atoms with E-state index in [4.69, 9.17) is 16.7 Å². The summed E-state index contributed by atoms with van der Waals surface area (Å²) in [6.45, 7) is 0. The summed E-state index contributed by atoms with van der Waals surface area (Å²) in [5.41, 5.74) is 1.52. The summed E-state index contributed by atoms with van der Waals surface area (Å²) in [6.07, 6.45) is 1.35. The molecule has 0 saturated heterocycles. The van der Waals surface area contributed by atoms with E-state index in [9.17, 15) is 4.79 Å². The molecule has 0 bridgehead atoms. The minimum atomic E-state index is -1.08. The molecule has 8 nitrogen and oxygen atoms in total. The summed E-state index contributed by atoms with van der Waals surface area (Å²) in [7, 11) is 0. The molecule has 2 heterocycles. The Labute approximate surface area is 116 Å². The smallest absolute Gasteiger partial charge is 0.337 e. The van der Waals surface area contributed by atoms with E-state index in [1.54, 1.807) is 6.07 Å². The first-order valence-electron chi connectivity index (χ1n) is 5.46. The molecule has 100 valence electrons. The fourth-order valence-electron chi connectivity index (χ4n) is 1.67. The van der Waals surface area contributed by atoms with Crippen LogP contribution in [0.15, 0.2) is 24.5 Å². The first kappa shape index (κ1) is 12.3. The maximum Gasteiger partial charge on any atom is 0.337 e. The average molecular weight is 291 g/mol. The van der Waals surface area contributed by atoms with E-state index in [0.29, 0.717) is 22.7 Å². The van der Waals surface area contributed by atoms with Crippen molar-refractivity contribution >= 4 is 40.2 Å². The van der Waals surface area contributed by atoms with Crippen molar-refractivity contribution in [2.75, 3.05) is 5.32 Å². The standard InChI is InChI=1S/C11H7ClN6O2/c12-7-3-5(1-2-6(7)11(19)20)15-9-8-10(14-4-13-9)17-18-16-8/h1-4H,(H,19,20)(H2,13,14,15,16,17,18). The zero-order valence-electron chi connectivity index (χ0n) is 9.83. The lowest BCUT2D eigenvalue weighted by molar-refractivity contribution is 0.0697. The molecule has 0 unspecified atom stereocenters. The lowest BCUT2D eigenvalue weighted by atomic mass is 10.2. The van der Waals surface area contributed by atoms with Gasteiger partial charge in [0.1, 0.15) is 6.33 Å². The molecule has 0 fully saturated rings. The zero-order chi connectivity index (χ0) is 14.1. The van der Waals surface area contributed by atoms with Crippen LogP contribution in [0, 0.1) is 0 Å². The van der Waals surface area contributed by atoms with Crippen LogP contribution < -0.4 is 5.32 Å². The van der Waals surface area contributed by atoms with Gasteiger partial charge in [-0.15, -0.1) is 5.10 Å². The highest BCUT2D eigenvalue weighted by Gasteiger charge is 2.11. The molecule has 0 aliphatic rings. The molecule has 0 amide bonds. The molecule has 3 aromatic rings. The van der Waals surface area contributed by atoms with Crippen LogP contribution >= 0.6 is 11.6 Å². The van der Waals surface area contributed by atoms with Crippen LogP contribution in [0.2, 0.25) is 5.02 Å². The fraction of sp³-hybridized carbons (Fsp3) is 0. The molecular formula is C11H7ClN6O2. The van der Waals surface area contributed by atoms with Crippen molar-refractivity contribution in [3.63, 3.8) is 0 Å². The highest BCUT2D eigenvalue weighted by atomic mass is 35.5. The number of rotatable bonds is 3. The average Bonchev–Trinajstić information content (AvgIpc) is 2.87. The Kier molecular flexibility index (Phi) is 2.92. The predicted octanol–water partition coefficient (Wildman–Crippen LogP) is 1.84. The largest absolute Gasteiger partial charge is 0.478 e. The van der Waals surface area contributed by atoms with E-state index in [-0.39, 0.29) is 10.6 Å². The summed E-state index contributed by atoms with van der Waals surface area (Å²) in [4.78, 5) is 18.9. The molecule has 0 radical (unpaired) electrons. The maximum atomic E-state index is 10.9. The number of nitrogens with one attached hydrogen (secondary N) is 2. The Morgan fingerprint density at radius 2 is 2.15 bits per heavy atom. The van der Waals surface area contributed by atoms with E-state index < -0.39 is 5.97 Å². The second kappa shape index (κ2) is 4.74. The summed E-state index contributed by atoms with van der Waals surface area (Å²) in [5, 5.41) is 22.3. The van der Waals surface area contributed by atoms with Gasteiger partial charge in [-0.25, -0.2) is 14.8 Å². The number of fused-ring (bicyclic) bond motifs is 1. The number of carboxylic acids is 1. The molecule has 0 aliphatic heterocycles. The highest BCUT2D eigenvalue weighted by molar-refractivity contribution is 6.33. The summed E-state index contributed by atoms with van der Waals surface area (Å²) >= 11 is 5.90. The van der Waals surface area contributed by atoms with E-state index in [1.807, 2.05) is 0 Å². The first-order valence-corrected chi connectivity index (χ1v) is 5.84. The molecular weight excluding hydrogens is 284 g/mol. The van der Waals surface area contributed by atoms with Gasteiger partial charge in [0.15, 0.2) is 11.3 Å². The summed E-state index contributed by atoms with van der Waals surface area (Å²) in [6, 6.07) is 4.50. The van der Waals surface area contributed by atoms with Gasteiger partial charge in [0.25, 0.3) is 0 Å². The SMILES string of the molecule is O=C(O)c1ccc(Nc2ncnc3n[nH]nc23)cc1Cl. The minimum absolute atomic E-state index is 0.0338. The number of aromatic amines is 1. The first-order chi connectivity index (χ1) is 9.65. The minimum Gasteiger partial charge on any atom is -0.478 e. The summed E-state index contributed by atoms with van der Waals surface area (Å²) < 4.78 is 0. The number of nitrogens with zero attached hydrogens (tertiary/aromatic N) is 4. The second-order valence-electron chi connectivity index (χ2n) is 3.84. The zero-order valence-corrected chi connectivity index (χ0v) is 10.6. The van der Waals surface area contributed by atoms with Crippen molar-refractivity contribution in [3.8, 4) is 0 Å². The van der Waals surface area contributed by atoms with Crippen molar-refractivity contribution in [2.24, 2.45) is 0 Å². The van der Waals surface area contributed by atoms with Gasteiger partial charge in [0.2, 0.25) is 5.65 Å². The van der Waals surface area contributed by atoms with Gasteiger partial charge in [0, 0.05) is 5.69 Å². The van der Waals surface area contributed by atoms with Gasteiger partial charge >= 0.3 is 5.97 Å². The quantitative estimate of drug-likeness (QED) is 0.673. The Hall–Kier alpha value is -2.74. The van der Waals surface area contributed by atoms with Crippen LogP contribution in [0.4, 0.5) is 11.5 Å². The number of carboxylic acid groups (broad SMARTS) is 1. The number of carbonyl (C=O) groups is 1. The molecule has 20 heavy (non-hydrogen) atoms. The van der Waals surface area contributed by atoms with Crippen LogP contribution in [-0.2, 0) is 0 Å². The van der Waals surface area contributed by atoms with E-state index in [2.05, 4.69) is 30.7 Å². The van der Waals surface area contributed by atoms with Crippen LogP contribution in [0.3, 0.4) is 0 Å². The molecule has 2 aromatic heterocycles. The van der Waals surface area contributed by atoms with E-state index >= 15 is 0 Å². The molecule has 0 atom stereocenters. The van der Waals surface area contributed by atoms with E-state index in [0.717, 1.165) is 0 Å². The molecule has 0 spiro atoms. The third-order valence-electron chi connectivity index (χ3n) is 2.58. The van der Waals surface area contributed by atoms with Gasteiger partial charge in [-0.1, -0.05) is 11.6 Å². The molecule has 9 heteroatoms. The van der Waals surface area contributed by atoms with Gasteiger partial charge in [-0.2, -0.15) is 10.3 Å². The Morgan fingerprint density at radius 1 is 1.30 bits per heavy atom. The third-order valence-corrected chi connectivity index (χ3v) is 2.90. The van der Waals surface area contributed by atoms with Gasteiger partial charge in [0.05, 0.1) is 10.6 Å². The Morgan fingerprint density at radius 3 is 2.90 bits per heavy atom. The number of aromatic carboxylic acids is 1. The second-order valence-corrected chi connectivity index (χ2v) is 4.25. The van der Waals surface area contributed by atoms with Crippen molar-refractivity contribution in [1.29, 1.82) is 0 Å². The molecule has 3 N–H and O–H groups in total. The lowest BCUT2D eigenvalue weighted by Crippen LogP contribution is -2.00. The fourth-order valence-corrected chi connectivity index (χ4v) is 1.93. The van der Waals surface area contributed by atoms with Crippen molar-refractivity contribution in [3.05, 3.63) is 35.1 Å². The topological polar surface area (TPSA) is 117 Å². The normalized spacial score (nSPS) is 10.7. The molecule has 0 saturated carbocycles. The number of anilines is 2. The van der Waals surface area contributed by atoms with Gasteiger partial charge in [-0.05, 0) is 18.2 Å². The van der Waals surface area contributed by atoms with Crippen molar-refractivity contribution < 1.29 is 9.90 Å². The highest BCUT2D eigenvalue weighted by Crippen LogP contribution is 2.24. The summed E-state index contributed by atoms with van der Waals surface area (Å²) in [5.74, 6) is -0.634. The van der Waals surface area contributed by atoms with Crippen LogP contribution in [0.5, 0.6) is 0 Å². The molecule has 0 aliphatic carbocycles. The number of H-pyrrole nitrogens is 1. The van der Waals surface area contributed by atoms with Gasteiger partial charge in [-0.3, -0.25) is 0 Å². The number of halogens is 1.